The molecule has 0 radical (unpaired) electrons. The lowest BCUT2D eigenvalue weighted by Crippen LogP contribution is -2.23. The predicted molar refractivity (Wildman–Crippen MR) is 61.2 cm³/mol. The van der Waals surface area contributed by atoms with Crippen molar-refractivity contribution in [1.29, 1.82) is 0 Å². The number of carbonyl (C=O) groups excluding carboxylic acids is 1. The van der Waals surface area contributed by atoms with Crippen LogP contribution in [0.1, 0.15) is 36.7 Å². The summed E-state index contributed by atoms with van der Waals surface area (Å²) >= 11 is 0. The molecule has 0 amide bonds. The molecule has 0 N–H and O–H groups in total. The zero-order valence-corrected chi connectivity index (χ0v) is 9.83. The largest absolute Gasteiger partial charge is 0.368 e. The highest BCUT2D eigenvalue weighted by Crippen LogP contribution is 2.09. The number of Topliss-reactive ketones (excluding diaryl/α,β-unsaturated/α-hetero) is 1. The molecule has 1 aromatic rings. The van der Waals surface area contributed by atoms with E-state index in [4.69, 9.17) is 4.74 Å². The van der Waals surface area contributed by atoms with E-state index in [1.807, 2.05) is 52.0 Å². The van der Waals surface area contributed by atoms with Crippen molar-refractivity contribution in [2.45, 2.75) is 33.3 Å². The molecule has 0 unspecified atom stereocenters. The number of ketones is 1. The Kier molecular flexibility index (Phi) is 3.64. The van der Waals surface area contributed by atoms with Gasteiger partial charge in [0.15, 0.2) is 5.78 Å². The first-order valence-corrected chi connectivity index (χ1v) is 5.12. The second-order valence-electron chi connectivity index (χ2n) is 4.69. The Morgan fingerprint density at radius 3 is 2.20 bits per heavy atom. The maximum Gasteiger partial charge on any atom is 0.188 e. The molecule has 2 heteroatoms. The highest BCUT2D eigenvalue weighted by atomic mass is 16.5. The van der Waals surface area contributed by atoms with E-state index in [0.717, 1.165) is 5.56 Å². The Morgan fingerprint density at radius 1 is 1.20 bits per heavy atom. The fourth-order valence-corrected chi connectivity index (χ4v) is 1.10. The van der Waals surface area contributed by atoms with Crippen LogP contribution in [0, 0.1) is 6.92 Å². The van der Waals surface area contributed by atoms with Gasteiger partial charge in [0.25, 0.3) is 0 Å². The number of carbonyl (C=O) groups is 1. The van der Waals surface area contributed by atoms with Gasteiger partial charge in [-0.15, -0.1) is 0 Å². The number of ether oxygens (including phenoxy) is 1. The average molecular weight is 206 g/mol. The molecule has 0 saturated heterocycles. The zero-order valence-electron chi connectivity index (χ0n) is 9.83. The van der Waals surface area contributed by atoms with Crippen LogP contribution in [0.15, 0.2) is 24.3 Å². The van der Waals surface area contributed by atoms with Gasteiger partial charge in [0.2, 0.25) is 0 Å². The minimum atomic E-state index is -0.264. The van der Waals surface area contributed by atoms with Crippen LogP contribution >= 0.6 is 0 Å². The summed E-state index contributed by atoms with van der Waals surface area (Å²) in [6.45, 7) is 7.97. The monoisotopic (exact) mass is 206 g/mol. The van der Waals surface area contributed by atoms with E-state index in [1.54, 1.807) is 0 Å². The lowest BCUT2D eigenvalue weighted by molar-refractivity contribution is 0.00306. The van der Waals surface area contributed by atoms with Crippen LogP contribution in [-0.4, -0.2) is 18.0 Å². The van der Waals surface area contributed by atoms with Crippen molar-refractivity contribution in [3.63, 3.8) is 0 Å². The fourth-order valence-electron chi connectivity index (χ4n) is 1.10. The lowest BCUT2D eigenvalue weighted by atomic mass is 10.1. The smallest absolute Gasteiger partial charge is 0.188 e. The molecular weight excluding hydrogens is 188 g/mol. The second-order valence-corrected chi connectivity index (χ2v) is 4.69. The highest BCUT2D eigenvalue weighted by molar-refractivity contribution is 5.97. The summed E-state index contributed by atoms with van der Waals surface area (Å²) in [7, 11) is 0. The molecule has 0 aromatic heterocycles. The van der Waals surface area contributed by atoms with Crippen molar-refractivity contribution in [2.24, 2.45) is 0 Å². The van der Waals surface area contributed by atoms with E-state index in [9.17, 15) is 4.79 Å². The molecule has 0 fully saturated rings. The van der Waals surface area contributed by atoms with Crippen LogP contribution in [0.5, 0.6) is 0 Å². The molecule has 0 heterocycles. The molecule has 82 valence electrons. The van der Waals surface area contributed by atoms with Gasteiger partial charge in [-0.3, -0.25) is 4.79 Å². The molecule has 1 aromatic carbocycles. The van der Waals surface area contributed by atoms with Gasteiger partial charge in [0.1, 0.15) is 6.61 Å². The van der Waals surface area contributed by atoms with Gasteiger partial charge < -0.3 is 4.74 Å². The average Bonchev–Trinajstić information content (AvgIpc) is 2.14. The number of hydrogen-bond acceptors (Lipinski definition) is 2. The second kappa shape index (κ2) is 4.58. The molecule has 0 atom stereocenters. The SMILES string of the molecule is Cc1ccc(C(=O)COC(C)(C)C)cc1. The topological polar surface area (TPSA) is 26.3 Å². The van der Waals surface area contributed by atoms with Crippen molar-refractivity contribution < 1.29 is 9.53 Å². The fraction of sp³-hybridized carbons (Fsp3) is 0.462. The number of aryl methyl sites for hydroxylation is 1. The van der Waals surface area contributed by atoms with Crippen LogP contribution in [0.2, 0.25) is 0 Å². The molecule has 2 nitrogen and oxygen atoms in total. The Morgan fingerprint density at radius 2 is 1.73 bits per heavy atom. The summed E-state index contributed by atoms with van der Waals surface area (Å²) in [6, 6.07) is 7.54. The van der Waals surface area contributed by atoms with Gasteiger partial charge in [0, 0.05) is 5.56 Å². The van der Waals surface area contributed by atoms with Gasteiger partial charge >= 0.3 is 0 Å². The van der Waals surface area contributed by atoms with Crippen LogP contribution in [0.3, 0.4) is 0 Å². The standard InChI is InChI=1S/C13H18O2/c1-10-5-7-11(8-6-10)12(14)9-15-13(2,3)4/h5-8H,9H2,1-4H3. The van der Waals surface area contributed by atoms with Crippen molar-refractivity contribution >= 4 is 5.78 Å². The summed E-state index contributed by atoms with van der Waals surface area (Å²) in [5.74, 6) is 0.0323. The van der Waals surface area contributed by atoms with Gasteiger partial charge in [-0.25, -0.2) is 0 Å². The van der Waals surface area contributed by atoms with Crippen molar-refractivity contribution in [3.05, 3.63) is 35.4 Å². The summed E-state index contributed by atoms with van der Waals surface area (Å²) < 4.78 is 5.43. The van der Waals surface area contributed by atoms with Crippen molar-refractivity contribution in [2.75, 3.05) is 6.61 Å². The van der Waals surface area contributed by atoms with Crippen molar-refractivity contribution in [1.82, 2.24) is 0 Å². The summed E-state index contributed by atoms with van der Waals surface area (Å²) in [4.78, 5) is 11.7. The molecule has 0 saturated carbocycles. The molecule has 15 heavy (non-hydrogen) atoms. The van der Waals surface area contributed by atoms with E-state index in [2.05, 4.69) is 0 Å². The third-order valence-electron chi connectivity index (χ3n) is 2.01. The summed E-state index contributed by atoms with van der Waals surface area (Å²) in [5, 5.41) is 0. The van der Waals surface area contributed by atoms with Gasteiger partial charge in [0.05, 0.1) is 5.60 Å². The first-order chi connectivity index (χ1) is 6.88. The number of rotatable bonds is 3. The van der Waals surface area contributed by atoms with Gasteiger partial charge in [-0.1, -0.05) is 29.8 Å². The molecule has 0 aliphatic carbocycles. The molecule has 0 aliphatic heterocycles. The van der Waals surface area contributed by atoms with Crippen LogP contribution in [0.25, 0.3) is 0 Å². The molecule has 0 aliphatic rings. The van der Waals surface area contributed by atoms with Crippen LogP contribution in [-0.2, 0) is 4.74 Å². The Bertz CT molecular complexity index is 331. The number of hydrogen-bond donors (Lipinski definition) is 0. The van der Waals surface area contributed by atoms with Crippen LogP contribution < -0.4 is 0 Å². The normalized spacial score (nSPS) is 11.5. The maximum absolute atomic E-state index is 11.7. The lowest BCUT2D eigenvalue weighted by Gasteiger charge is -2.18. The summed E-state index contributed by atoms with van der Waals surface area (Å²) in [5.41, 5.74) is 1.61. The maximum atomic E-state index is 11.7. The van der Waals surface area contributed by atoms with Crippen LogP contribution in [0.4, 0.5) is 0 Å². The molecule has 0 spiro atoms. The van der Waals surface area contributed by atoms with Gasteiger partial charge in [-0.2, -0.15) is 0 Å². The van der Waals surface area contributed by atoms with E-state index in [1.165, 1.54) is 0 Å². The minimum absolute atomic E-state index is 0.0323. The Hall–Kier alpha value is -1.15. The predicted octanol–water partition coefficient (Wildman–Crippen LogP) is 2.99. The highest BCUT2D eigenvalue weighted by Gasteiger charge is 2.13. The van der Waals surface area contributed by atoms with E-state index < -0.39 is 0 Å². The number of benzene rings is 1. The first-order valence-electron chi connectivity index (χ1n) is 5.12. The Balaban J connectivity index is 2.58. The van der Waals surface area contributed by atoms with E-state index in [-0.39, 0.29) is 18.0 Å². The quantitative estimate of drug-likeness (QED) is 0.711. The van der Waals surface area contributed by atoms with E-state index >= 15 is 0 Å². The minimum Gasteiger partial charge on any atom is -0.368 e. The third kappa shape index (κ3) is 4.26. The first kappa shape index (κ1) is 11.9. The van der Waals surface area contributed by atoms with Gasteiger partial charge in [-0.05, 0) is 27.7 Å². The Labute approximate surface area is 91.3 Å². The third-order valence-corrected chi connectivity index (χ3v) is 2.01. The van der Waals surface area contributed by atoms with Crippen molar-refractivity contribution in [3.8, 4) is 0 Å². The molecule has 1 rings (SSSR count). The summed E-state index contributed by atoms with van der Waals surface area (Å²) in [6.07, 6.45) is 0. The molecule has 0 bridgehead atoms. The molecular formula is C13H18O2. The zero-order chi connectivity index (χ0) is 11.5. The van der Waals surface area contributed by atoms with E-state index in [0.29, 0.717) is 5.56 Å².